The average molecular weight is 279 g/mol. The highest BCUT2D eigenvalue weighted by molar-refractivity contribution is 5.86. The molecule has 106 valence electrons. The van der Waals surface area contributed by atoms with Crippen LogP contribution in [0.3, 0.4) is 0 Å². The molecule has 0 saturated carbocycles. The maximum absolute atomic E-state index is 12.6. The van der Waals surface area contributed by atoms with Crippen LogP contribution in [0, 0.1) is 0 Å². The third-order valence-corrected chi connectivity index (χ3v) is 4.04. The Hall–Kier alpha value is -2.55. The molecule has 0 amide bonds. The molecule has 3 aromatic rings. The smallest absolute Gasteiger partial charge is 0.258 e. The number of fused-ring (bicyclic) bond motifs is 1. The topological polar surface area (TPSA) is 42.2 Å². The monoisotopic (exact) mass is 279 g/mol. The zero-order valence-corrected chi connectivity index (χ0v) is 12.1. The lowest BCUT2D eigenvalue weighted by atomic mass is 9.92. The van der Waals surface area contributed by atoms with Gasteiger partial charge < -0.3 is 9.67 Å². The highest BCUT2D eigenvalue weighted by Crippen LogP contribution is 2.33. The van der Waals surface area contributed by atoms with E-state index in [1.54, 1.807) is 11.6 Å². The summed E-state index contributed by atoms with van der Waals surface area (Å²) >= 11 is 0. The minimum Gasteiger partial charge on any atom is -0.507 e. The number of hydrogen-bond donors (Lipinski definition) is 1. The van der Waals surface area contributed by atoms with E-state index in [1.807, 2.05) is 61.5 Å². The van der Waals surface area contributed by atoms with Crippen LogP contribution in [0.4, 0.5) is 0 Å². The first-order valence-corrected chi connectivity index (χ1v) is 6.96. The van der Waals surface area contributed by atoms with E-state index >= 15 is 0 Å². The van der Waals surface area contributed by atoms with Crippen LogP contribution in [0.1, 0.15) is 24.0 Å². The Morgan fingerprint density at radius 3 is 2.33 bits per heavy atom. The van der Waals surface area contributed by atoms with Gasteiger partial charge in [-0.05, 0) is 17.7 Å². The maximum Gasteiger partial charge on any atom is 0.258 e. The lowest BCUT2D eigenvalue weighted by Crippen LogP contribution is -2.23. The second kappa shape index (κ2) is 5.09. The first-order chi connectivity index (χ1) is 10.1. The van der Waals surface area contributed by atoms with E-state index in [9.17, 15) is 9.90 Å². The molecule has 1 atom stereocenters. The summed E-state index contributed by atoms with van der Waals surface area (Å²) in [5.74, 6) is -0.0699. The number of hydrogen-bond acceptors (Lipinski definition) is 2. The van der Waals surface area contributed by atoms with Crippen molar-refractivity contribution >= 4 is 10.9 Å². The van der Waals surface area contributed by atoms with E-state index in [2.05, 4.69) is 0 Å². The molecule has 0 aliphatic rings. The predicted octanol–water partition coefficient (Wildman–Crippen LogP) is 3.40. The SMILES string of the molecule is CC(c1ccccc1)c1c(O)c2ccccc2n(C)c1=O. The van der Waals surface area contributed by atoms with Crippen molar-refractivity contribution in [2.45, 2.75) is 12.8 Å². The maximum atomic E-state index is 12.6. The fourth-order valence-electron chi connectivity index (χ4n) is 2.80. The Labute approximate surface area is 123 Å². The van der Waals surface area contributed by atoms with Crippen molar-refractivity contribution in [1.29, 1.82) is 0 Å². The van der Waals surface area contributed by atoms with Gasteiger partial charge in [0.1, 0.15) is 5.75 Å². The molecule has 2 aromatic carbocycles. The van der Waals surface area contributed by atoms with Crippen LogP contribution in [0.2, 0.25) is 0 Å². The summed E-state index contributed by atoms with van der Waals surface area (Å²) in [5.41, 5.74) is 2.05. The van der Waals surface area contributed by atoms with Crippen LogP contribution in [0.25, 0.3) is 10.9 Å². The molecule has 1 heterocycles. The van der Waals surface area contributed by atoms with Crippen molar-refractivity contribution in [3.8, 4) is 5.75 Å². The molecule has 3 nitrogen and oxygen atoms in total. The molecule has 3 rings (SSSR count). The van der Waals surface area contributed by atoms with E-state index in [4.69, 9.17) is 0 Å². The van der Waals surface area contributed by atoms with Gasteiger partial charge in [-0.25, -0.2) is 0 Å². The van der Waals surface area contributed by atoms with Crippen LogP contribution >= 0.6 is 0 Å². The summed E-state index contributed by atoms with van der Waals surface area (Å²) in [6, 6.07) is 17.2. The van der Waals surface area contributed by atoms with Gasteiger partial charge in [0.05, 0.1) is 11.1 Å². The summed E-state index contributed by atoms with van der Waals surface area (Å²) < 4.78 is 1.60. The first kappa shape index (κ1) is 13.4. The lowest BCUT2D eigenvalue weighted by Gasteiger charge is -2.17. The number of nitrogens with zero attached hydrogens (tertiary/aromatic N) is 1. The fourth-order valence-corrected chi connectivity index (χ4v) is 2.80. The molecule has 3 heteroatoms. The van der Waals surface area contributed by atoms with E-state index < -0.39 is 0 Å². The minimum absolute atomic E-state index is 0.0880. The molecule has 21 heavy (non-hydrogen) atoms. The zero-order valence-electron chi connectivity index (χ0n) is 12.1. The Kier molecular flexibility index (Phi) is 3.26. The molecule has 0 bridgehead atoms. The summed E-state index contributed by atoms with van der Waals surface area (Å²) in [4.78, 5) is 12.6. The highest BCUT2D eigenvalue weighted by Gasteiger charge is 2.20. The van der Waals surface area contributed by atoms with Gasteiger partial charge in [0.2, 0.25) is 0 Å². The first-order valence-electron chi connectivity index (χ1n) is 6.96. The number of rotatable bonds is 2. The fraction of sp³-hybridized carbons (Fsp3) is 0.167. The Morgan fingerprint density at radius 2 is 1.62 bits per heavy atom. The zero-order chi connectivity index (χ0) is 15.0. The van der Waals surface area contributed by atoms with Crippen molar-refractivity contribution in [3.63, 3.8) is 0 Å². The molecular formula is C18H17NO2. The van der Waals surface area contributed by atoms with E-state index in [0.717, 1.165) is 11.1 Å². The van der Waals surface area contributed by atoms with Crippen LogP contribution in [0.5, 0.6) is 5.75 Å². The third-order valence-electron chi connectivity index (χ3n) is 4.04. The quantitative estimate of drug-likeness (QED) is 0.781. The van der Waals surface area contributed by atoms with Crippen molar-refractivity contribution < 1.29 is 5.11 Å². The largest absolute Gasteiger partial charge is 0.507 e. The summed E-state index contributed by atoms with van der Waals surface area (Å²) in [5, 5.41) is 11.3. The third kappa shape index (κ3) is 2.11. The van der Waals surface area contributed by atoms with Gasteiger partial charge in [-0.3, -0.25) is 4.79 Å². The second-order valence-corrected chi connectivity index (χ2v) is 5.28. The van der Waals surface area contributed by atoms with Gasteiger partial charge in [-0.2, -0.15) is 0 Å². The van der Waals surface area contributed by atoms with Gasteiger partial charge in [0, 0.05) is 18.4 Å². The van der Waals surface area contributed by atoms with Crippen molar-refractivity contribution in [3.05, 3.63) is 76.1 Å². The van der Waals surface area contributed by atoms with Crippen molar-refractivity contribution in [1.82, 2.24) is 4.57 Å². The van der Waals surface area contributed by atoms with Gasteiger partial charge in [-0.1, -0.05) is 49.4 Å². The van der Waals surface area contributed by atoms with Crippen molar-refractivity contribution in [2.24, 2.45) is 7.05 Å². The van der Waals surface area contributed by atoms with E-state index in [1.165, 1.54) is 0 Å². The molecule has 1 aromatic heterocycles. The number of aromatic hydroxyl groups is 1. The van der Waals surface area contributed by atoms with Crippen LogP contribution in [-0.4, -0.2) is 9.67 Å². The number of aryl methyl sites for hydroxylation is 1. The van der Waals surface area contributed by atoms with E-state index in [-0.39, 0.29) is 17.2 Å². The number of pyridine rings is 1. The van der Waals surface area contributed by atoms with Gasteiger partial charge in [0.15, 0.2) is 0 Å². The molecular weight excluding hydrogens is 262 g/mol. The van der Waals surface area contributed by atoms with Gasteiger partial charge in [0.25, 0.3) is 5.56 Å². The van der Waals surface area contributed by atoms with E-state index in [0.29, 0.717) is 10.9 Å². The Balaban J connectivity index is 2.31. The van der Waals surface area contributed by atoms with Gasteiger partial charge in [-0.15, -0.1) is 0 Å². The Morgan fingerprint density at radius 1 is 1.00 bits per heavy atom. The van der Waals surface area contributed by atoms with Crippen LogP contribution < -0.4 is 5.56 Å². The van der Waals surface area contributed by atoms with Crippen LogP contribution in [0.15, 0.2) is 59.4 Å². The minimum atomic E-state index is -0.158. The van der Waals surface area contributed by atoms with Crippen molar-refractivity contribution in [2.75, 3.05) is 0 Å². The predicted molar refractivity (Wildman–Crippen MR) is 84.8 cm³/mol. The normalized spacial score (nSPS) is 12.5. The highest BCUT2D eigenvalue weighted by atomic mass is 16.3. The lowest BCUT2D eigenvalue weighted by molar-refractivity contribution is 0.469. The molecule has 0 fully saturated rings. The van der Waals surface area contributed by atoms with Gasteiger partial charge >= 0.3 is 0 Å². The average Bonchev–Trinajstić information content (AvgIpc) is 2.53. The number of para-hydroxylation sites is 1. The molecule has 1 unspecified atom stereocenters. The molecule has 0 aliphatic heterocycles. The molecule has 1 N–H and O–H groups in total. The Bertz CT molecular complexity index is 850. The second-order valence-electron chi connectivity index (χ2n) is 5.28. The standard InChI is InChI=1S/C18H17NO2/c1-12(13-8-4-3-5-9-13)16-17(20)14-10-6-7-11-15(14)19(2)18(16)21/h3-12,20H,1-2H3. The summed E-state index contributed by atoms with van der Waals surface area (Å²) in [6.07, 6.45) is 0. The summed E-state index contributed by atoms with van der Waals surface area (Å²) in [7, 11) is 1.74. The molecule has 0 saturated heterocycles. The number of benzene rings is 2. The number of aromatic nitrogens is 1. The summed E-state index contributed by atoms with van der Waals surface area (Å²) in [6.45, 7) is 1.94. The van der Waals surface area contributed by atoms with Crippen LogP contribution in [-0.2, 0) is 7.05 Å². The molecule has 0 spiro atoms. The molecule has 0 aliphatic carbocycles. The molecule has 0 radical (unpaired) electrons.